The van der Waals surface area contributed by atoms with Crippen LogP contribution in [0.2, 0.25) is 0 Å². The molecule has 7 nitrogen and oxygen atoms in total. The van der Waals surface area contributed by atoms with Crippen molar-refractivity contribution in [1.82, 2.24) is 9.78 Å². The fraction of sp³-hybridized carbons (Fsp3) is 0.190. The number of fused-ring (bicyclic) bond motifs is 1. The van der Waals surface area contributed by atoms with E-state index in [1.54, 1.807) is 23.0 Å². The highest BCUT2D eigenvalue weighted by Crippen LogP contribution is 2.38. The van der Waals surface area contributed by atoms with Crippen LogP contribution in [-0.2, 0) is 10.1 Å². The number of aromatic nitrogens is 2. The van der Waals surface area contributed by atoms with Gasteiger partial charge in [0.25, 0.3) is 10.1 Å². The fourth-order valence-corrected chi connectivity index (χ4v) is 4.22. The molecule has 0 bridgehead atoms. The van der Waals surface area contributed by atoms with Crippen LogP contribution in [0.5, 0.6) is 0 Å². The Morgan fingerprint density at radius 1 is 1.07 bits per heavy atom. The third kappa shape index (κ3) is 4.43. The van der Waals surface area contributed by atoms with E-state index in [0.717, 1.165) is 21.7 Å². The third-order valence-corrected chi connectivity index (χ3v) is 5.99. The molecule has 4 rings (SSSR count). The standard InChI is InChI=1S/C19H17BrN4O3S.C2H6/c1-23-17(13-5-3-2-4-6-13)11-18(24-19(23)16(20)12-21-24)22-14-7-9-15(10-8-14)28(25,26)27;1-2/h2-12,17,22H,1H3,(H,25,26,27);1-2H3. The number of nitrogens with zero attached hydrogens (tertiary/aromatic N) is 3. The van der Waals surface area contributed by atoms with Gasteiger partial charge in [0, 0.05) is 12.7 Å². The van der Waals surface area contributed by atoms with Crippen molar-refractivity contribution in [3.05, 3.63) is 76.9 Å². The first-order valence-corrected chi connectivity index (χ1v) is 11.7. The molecule has 0 aliphatic carbocycles. The molecule has 0 saturated heterocycles. The van der Waals surface area contributed by atoms with Crippen LogP contribution in [0.4, 0.5) is 11.5 Å². The second kappa shape index (κ2) is 9.03. The van der Waals surface area contributed by atoms with Gasteiger partial charge in [-0.3, -0.25) is 4.55 Å². The van der Waals surface area contributed by atoms with E-state index in [-0.39, 0.29) is 10.9 Å². The molecule has 1 unspecified atom stereocenters. The van der Waals surface area contributed by atoms with Gasteiger partial charge >= 0.3 is 0 Å². The molecule has 1 aliphatic heterocycles. The summed E-state index contributed by atoms with van der Waals surface area (Å²) in [6.07, 6.45) is 3.79. The first kappa shape index (κ1) is 22.1. The summed E-state index contributed by atoms with van der Waals surface area (Å²) in [6.45, 7) is 4.00. The zero-order valence-electron chi connectivity index (χ0n) is 16.8. The Bertz CT molecular complexity index is 1140. The molecule has 1 atom stereocenters. The third-order valence-electron chi connectivity index (χ3n) is 4.56. The van der Waals surface area contributed by atoms with E-state index in [1.807, 2.05) is 39.1 Å². The summed E-state index contributed by atoms with van der Waals surface area (Å²) in [6, 6.07) is 16.0. The van der Waals surface area contributed by atoms with Gasteiger partial charge in [-0.1, -0.05) is 44.2 Å². The highest BCUT2D eigenvalue weighted by Gasteiger charge is 2.28. The van der Waals surface area contributed by atoms with Gasteiger partial charge in [0.1, 0.15) is 11.6 Å². The minimum atomic E-state index is -4.22. The first-order chi connectivity index (χ1) is 14.3. The second-order valence-electron chi connectivity index (χ2n) is 6.37. The van der Waals surface area contributed by atoms with E-state index in [1.165, 1.54) is 12.1 Å². The van der Waals surface area contributed by atoms with Crippen LogP contribution < -0.4 is 10.2 Å². The predicted octanol–water partition coefficient (Wildman–Crippen LogP) is 5.02. The number of hydrogen-bond donors (Lipinski definition) is 2. The van der Waals surface area contributed by atoms with Gasteiger partial charge in [-0.25, -0.2) is 4.68 Å². The van der Waals surface area contributed by atoms with Crippen molar-refractivity contribution < 1.29 is 13.0 Å². The minimum absolute atomic E-state index is 0.0127. The number of rotatable bonds is 4. The molecule has 2 aromatic carbocycles. The lowest BCUT2D eigenvalue weighted by Crippen LogP contribution is -2.31. The predicted molar refractivity (Wildman–Crippen MR) is 123 cm³/mol. The molecule has 3 aromatic rings. The summed E-state index contributed by atoms with van der Waals surface area (Å²) in [5.74, 6) is 1.64. The van der Waals surface area contributed by atoms with Crippen LogP contribution in [0.1, 0.15) is 25.5 Å². The SMILES string of the molecule is CC.CN1c2c(Br)cnn2C(Nc2ccc(S(=O)(=O)O)cc2)=CC1c1ccccc1. The lowest BCUT2D eigenvalue weighted by molar-refractivity contribution is 0.483. The smallest absolute Gasteiger partial charge is 0.294 e. The normalized spacial score (nSPS) is 15.6. The van der Waals surface area contributed by atoms with E-state index >= 15 is 0 Å². The van der Waals surface area contributed by atoms with Gasteiger partial charge in [0.15, 0.2) is 0 Å². The maximum atomic E-state index is 11.2. The maximum absolute atomic E-state index is 11.2. The van der Waals surface area contributed by atoms with Crippen molar-refractivity contribution in [2.24, 2.45) is 0 Å². The Morgan fingerprint density at radius 2 is 1.70 bits per heavy atom. The molecule has 0 radical (unpaired) electrons. The monoisotopic (exact) mass is 490 g/mol. The number of anilines is 2. The van der Waals surface area contributed by atoms with E-state index in [0.29, 0.717) is 5.69 Å². The van der Waals surface area contributed by atoms with Crippen LogP contribution >= 0.6 is 15.9 Å². The lowest BCUT2D eigenvalue weighted by Gasteiger charge is -2.34. The van der Waals surface area contributed by atoms with Crippen molar-refractivity contribution in [3.63, 3.8) is 0 Å². The molecule has 1 aromatic heterocycles. The average molecular weight is 491 g/mol. The van der Waals surface area contributed by atoms with Gasteiger partial charge in [0.2, 0.25) is 0 Å². The van der Waals surface area contributed by atoms with Crippen molar-refractivity contribution in [3.8, 4) is 0 Å². The van der Waals surface area contributed by atoms with Crippen molar-refractivity contribution in [1.29, 1.82) is 0 Å². The first-order valence-electron chi connectivity index (χ1n) is 9.42. The summed E-state index contributed by atoms with van der Waals surface area (Å²) < 4.78 is 34.3. The van der Waals surface area contributed by atoms with Crippen molar-refractivity contribution in [2.45, 2.75) is 24.8 Å². The van der Waals surface area contributed by atoms with Gasteiger partial charge in [-0.05, 0) is 51.8 Å². The lowest BCUT2D eigenvalue weighted by atomic mass is 10.0. The number of halogens is 1. The summed E-state index contributed by atoms with van der Waals surface area (Å²) in [7, 11) is -2.22. The van der Waals surface area contributed by atoms with Gasteiger partial charge < -0.3 is 10.2 Å². The van der Waals surface area contributed by atoms with Gasteiger partial charge in [-0.2, -0.15) is 13.5 Å². The van der Waals surface area contributed by atoms with Gasteiger partial charge in [0.05, 0.1) is 21.6 Å². The molecular weight excluding hydrogens is 468 g/mol. The maximum Gasteiger partial charge on any atom is 0.294 e. The van der Waals surface area contributed by atoms with E-state index in [4.69, 9.17) is 4.55 Å². The molecule has 0 saturated carbocycles. The van der Waals surface area contributed by atoms with Crippen LogP contribution in [0.3, 0.4) is 0 Å². The Hall–Kier alpha value is -2.62. The minimum Gasteiger partial charge on any atom is -0.348 e. The average Bonchev–Trinajstić information content (AvgIpc) is 3.14. The van der Waals surface area contributed by atoms with Crippen molar-refractivity contribution >= 4 is 43.4 Å². The molecule has 158 valence electrons. The van der Waals surface area contributed by atoms with Crippen LogP contribution in [0.15, 0.2) is 76.2 Å². The van der Waals surface area contributed by atoms with Gasteiger partial charge in [-0.15, -0.1) is 0 Å². The summed E-state index contributed by atoms with van der Waals surface area (Å²) in [5.41, 5.74) is 1.80. The topological polar surface area (TPSA) is 87.5 Å². The Labute approximate surface area is 184 Å². The molecule has 0 spiro atoms. The Kier molecular flexibility index (Phi) is 6.64. The van der Waals surface area contributed by atoms with E-state index < -0.39 is 10.1 Å². The van der Waals surface area contributed by atoms with Crippen LogP contribution in [-0.4, -0.2) is 29.8 Å². The fourth-order valence-electron chi connectivity index (χ4n) is 3.20. The van der Waals surface area contributed by atoms with Crippen LogP contribution in [0.25, 0.3) is 5.82 Å². The Balaban J connectivity index is 0.00000124. The summed E-state index contributed by atoms with van der Waals surface area (Å²) >= 11 is 3.56. The molecular formula is C21H23BrN4O3S. The summed E-state index contributed by atoms with van der Waals surface area (Å²) in [5, 5.41) is 7.72. The molecule has 30 heavy (non-hydrogen) atoms. The number of likely N-dealkylation sites (N-methyl/N-ethyl adjacent to an activating group) is 1. The molecule has 0 amide bonds. The van der Waals surface area contributed by atoms with E-state index in [2.05, 4.69) is 49.5 Å². The Morgan fingerprint density at radius 3 is 2.30 bits per heavy atom. The van der Waals surface area contributed by atoms with E-state index in [9.17, 15) is 8.42 Å². The quantitative estimate of drug-likeness (QED) is 0.499. The highest BCUT2D eigenvalue weighted by molar-refractivity contribution is 9.10. The molecule has 2 N–H and O–H groups in total. The molecule has 9 heteroatoms. The number of nitrogens with one attached hydrogen (secondary N) is 1. The molecule has 1 aliphatic rings. The largest absolute Gasteiger partial charge is 0.348 e. The highest BCUT2D eigenvalue weighted by atomic mass is 79.9. The van der Waals surface area contributed by atoms with Crippen LogP contribution in [0, 0.1) is 0 Å². The zero-order valence-corrected chi connectivity index (χ0v) is 19.2. The summed E-state index contributed by atoms with van der Waals surface area (Å²) in [4.78, 5) is 1.97. The molecule has 2 heterocycles. The number of benzene rings is 2. The molecule has 0 fully saturated rings. The van der Waals surface area contributed by atoms with Crippen molar-refractivity contribution in [2.75, 3.05) is 17.3 Å². The zero-order chi connectivity index (χ0) is 21.9. The number of hydrogen-bond acceptors (Lipinski definition) is 5. The second-order valence-corrected chi connectivity index (χ2v) is 8.65.